The number of sulfonamides is 1. The van der Waals surface area contributed by atoms with Gasteiger partial charge >= 0.3 is 16.5 Å². The van der Waals surface area contributed by atoms with Crippen molar-refractivity contribution in [3.63, 3.8) is 0 Å². The van der Waals surface area contributed by atoms with Crippen LogP contribution in [0.4, 0.5) is 5.69 Å². The van der Waals surface area contributed by atoms with Gasteiger partial charge in [-0.1, -0.05) is 104 Å². The number of rotatable bonds is 4. The normalized spacial score (nSPS) is 8.32. The van der Waals surface area contributed by atoms with Crippen LogP contribution in [0, 0.1) is 6.07 Å². The third-order valence-corrected chi connectivity index (χ3v) is 5.02. The Morgan fingerprint density at radius 3 is 1.55 bits per heavy atom. The zero-order valence-corrected chi connectivity index (χ0v) is 26.5. The van der Waals surface area contributed by atoms with Gasteiger partial charge in [-0.2, -0.15) is 36.4 Å². The number of benzene rings is 3. The maximum Gasteiger partial charge on any atom is 3.00 e. The molecule has 0 aliphatic carbocycles. The number of nitrogens with zero attached hydrogens (tertiary/aromatic N) is 2. The summed E-state index contributed by atoms with van der Waals surface area (Å²) in [6.45, 7) is 16.0. The van der Waals surface area contributed by atoms with E-state index in [1.165, 1.54) is 12.1 Å². The van der Waals surface area contributed by atoms with Gasteiger partial charge in [-0.3, -0.25) is 4.98 Å². The summed E-state index contributed by atoms with van der Waals surface area (Å²) in [5.41, 5.74) is 1.75. The van der Waals surface area contributed by atoms with Crippen LogP contribution in [-0.4, -0.2) is 13.4 Å². The molecule has 0 fully saturated rings. The maximum absolute atomic E-state index is 12.4. The van der Waals surface area contributed by atoms with Crippen molar-refractivity contribution in [2.75, 3.05) is 0 Å². The summed E-state index contributed by atoms with van der Waals surface area (Å²) < 4.78 is 28.8. The molecule has 0 unspecified atom stereocenters. The second-order valence-corrected chi connectivity index (χ2v) is 7.29. The van der Waals surface area contributed by atoms with E-state index in [0.717, 1.165) is 0 Å². The fourth-order valence-corrected chi connectivity index (χ4v) is 3.43. The van der Waals surface area contributed by atoms with Crippen molar-refractivity contribution < 1.29 is 24.9 Å². The number of hydrogen-bond donors (Lipinski definition) is 0. The average molecular weight is 599 g/mol. The molecule has 7 heteroatoms. The Morgan fingerprint density at radius 1 is 0.632 bits per heavy atom. The fourth-order valence-electron chi connectivity index (χ4n) is 2.41. The summed E-state index contributed by atoms with van der Waals surface area (Å²) in [5.74, 6) is 0. The molecule has 0 bridgehead atoms. The van der Waals surface area contributed by atoms with Crippen LogP contribution in [0.3, 0.4) is 0 Å². The van der Waals surface area contributed by atoms with Crippen LogP contribution in [0.15, 0.2) is 114 Å². The quantitative estimate of drug-likeness (QED) is 0.102. The van der Waals surface area contributed by atoms with Crippen molar-refractivity contribution in [2.24, 2.45) is 0 Å². The summed E-state index contributed by atoms with van der Waals surface area (Å²) in [5, 5.41) is 0. The van der Waals surface area contributed by atoms with Gasteiger partial charge in [0.1, 0.15) is 10.0 Å². The molecule has 1 radical (unpaired) electrons. The van der Waals surface area contributed by atoms with Crippen LogP contribution in [0.25, 0.3) is 16.0 Å². The molecule has 0 atom stereocenters. The van der Waals surface area contributed by atoms with Crippen molar-refractivity contribution >= 4 is 29.2 Å². The Kier molecular flexibility index (Phi) is 32.4. The summed E-state index contributed by atoms with van der Waals surface area (Å²) in [6.07, 6.45) is 1.66. The standard InChI is InChI=1S/C17H13N2O2S.C6H5.4C2H6.Ni.H2S/c20-22(21,14-8-2-1-3-9-14)19-17-12-5-4-10-15(17)16-11-6-7-13-18-16;1-2-4-6-5-3-1;4*1-2;;/h1-13H;1-5H;4*1-2H3;;1H2/q2*-1;;;;;+3;/p-1. The molecule has 0 saturated heterocycles. The van der Waals surface area contributed by atoms with Gasteiger partial charge in [0, 0.05) is 6.20 Å². The van der Waals surface area contributed by atoms with E-state index in [-0.39, 0.29) is 34.9 Å². The van der Waals surface area contributed by atoms with Gasteiger partial charge < -0.3 is 18.2 Å². The van der Waals surface area contributed by atoms with Crippen LogP contribution < -0.4 is 0 Å². The first kappa shape index (κ1) is 42.5. The minimum atomic E-state index is -3.75. The Labute approximate surface area is 249 Å². The summed E-state index contributed by atoms with van der Waals surface area (Å²) in [6, 6.07) is 33.2. The van der Waals surface area contributed by atoms with Gasteiger partial charge in [-0.05, 0) is 29.8 Å². The van der Waals surface area contributed by atoms with Crippen LogP contribution >= 0.6 is 0 Å². The minimum absolute atomic E-state index is 0. The SMILES string of the molecule is CC.CC.CC.CC.O=S(=O)([N-]c1ccccc1-c1ccccn1)c1ccccc1.[Ni+3].[SH-].[c-]1ccccc1. The Hall–Kier alpha value is -2.60. The molecular weight excluding hydrogens is 555 g/mol. The molecule has 1 heterocycles. The second-order valence-electron chi connectivity index (χ2n) is 5.69. The van der Waals surface area contributed by atoms with E-state index in [9.17, 15) is 8.42 Å². The molecule has 0 aliphatic rings. The van der Waals surface area contributed by atoms with Crippen LogP contribution in [-0.2, 0) is 40.0 Å². The van der Waals surface area contributed by atoms with Gasteiger partial charge in [0.15, 0.2) is 0 Å². The van der Waals surface area contributed by atoms with E-state index >= 15 is 0 Å². The monoisotopic (exact) mass is 597 g/mol. The molecule has 4 aromatic rings. The first-order valence-corrected chi connectivity index (χ1v) is 14.1. The fraction of sp³-hybridized carbons (Fsp3) is 0.258. The zero-order chi connectivity index (χ0) is 27.7. The summed E-state index contributed by atoms with van der Waals surface area (Å²) in [4.78, 5) is 4.43. The van der Waals surface area contributed by atoms with Crippen molar-refractivity contribution in [2.45, 2.75) is 60.3 Å². The van der Waals surface area contributed by atoms with Crippen molar-refractivity contribution in [1.29, 1.82) is 0 Å². The molecule has 4 nitrogen and oxygen atoms in total. The van der Waals surface area contributed by atoms with Crippen molar-refractivity contribution in [3.8, 4) is 11.3 Å². The molecule has 3 aromatic carbocycles. The summed E-state index contributed by atoms with van der Waals surface area (Å²) >= 11 is 0. The maximum atomic E-state index is 12.4. The molecule has 211 valence electrons. The molecule has 0 N–H and O–H groups in total. The molecule has 38 heavy (non-hydrogen) atoms. The first-order chi connectivity index (χ1) is 17.7. The molecule has 0 amide bonds. The number of aromatic nitrogens is 1. The van der Waals surface area contributed by atoms with Crippen LogP contribution in [0.5, 0.6) is 0 Å². The van der Waals surface area contributed by atoms with Crippen molar-refractivity contribution in [3.05, 3.63) is 120 Å². The molecule has 4 rings (SSSR count). The van der Waals surface area contributed by atoms with E-state index in [4.69, 9.17) is 0 Å². The smallest absolute Gasteiger partial charge is 0.813 e. The number of pyridine rings is 1. The summed E-state index contributed by atoms with van der Waals surface area (Å²) in [7, 11) is -3.75. The van der Waals surface area contributed by atoms with Gasteiger partial charge in [0.2, 0.25) is 0 Å². The van der Waals surface area contributed by atoms with Gasteiger partial charge in [-0.25, -0.2) is 8.42 Å². The molecule has 0 aliphatic heterocycles. The first-order valence-electron chi connectivity index (χ1n) is 12.6. The third-order valence-electron chi connectivity index (χ3n) is 3.71. The van der Waals surface area contributed by atoms with Gasteiger partial charge in [0.05, 0.1) is 10.6 Å². The molecule has 0 spiro atoms. The molecular formula is C31H43N2NiO2S2. The Morgan fingerprint density at radius 2 is 1.11 bits per heavy atom. The number of thiol groups is 1. The van der Waals surface area contributed by atoms with E-state index in [1.54, 1.807) is 36.5 Å². The Balaban J connectivity index is -0.000000306. The van der Waals surface area contributed by atoms with E-state index in [1.807, 2.05) is 116 Å². The Bertz CT molecular complexity index is 1070. The average Bonchev–Trinajstić information content (AvgIpc) is 2.99. The number of hydrogen-bond acceptors (Lipinski definition) is 4. The van der Waals surface area contributed by atoms with Gasteiger partial charge in [-0.15, -0.1) is 5.69 Å². The van der Waals surface area contributed by atoms with E-state index in [2.05, 4.69) is 15.8 Å². The second kappa shape index (κ2) is 29.0. The van der Waals surface area contributed by atoms with E-state index < -0.39 is 10.0 Å². The largest absolute Gasteiger partial charge is 3.00 e. The predicted octanol–water partition coefficient (Wildman–Crippen LogP) is 9.46. The van der Waals surface area contributed by atoms with Crippen LogP contribution in [0.2, 0.25) is 0 Å². The minimum Gasteiger partial charge on any atom is -0.813 e. The zero-order valence-electron chi connectivity index (χ0n) is 23.8. The van der Waals surface area contributed by atoms with E-state index in [0.29, 0.717) is 16.9 Å². The predicted molar refractivity (Wildman–Crippen MR) is 166 cm³/mol. The van der Waals surface area contributed by atoms with Crippen LogP contribution in [0.1, 0.15) is 55.4 Å². The van der Waals surface area contributed by atoms with Crippen molar-refractivity contribution in [1.82, 2.24) is 4.98 Å². The topological polar surface area (TPSA) is 61.1 Å². The molecule has 0 saturated carbocycles. The van der Waals surface area contributed by atoms with Gasteiger partial charge in [0.25, 0.3) is 0 Å². The molecule has 1 aromatic heterocycles. The third kappa shape index (κ3) is 17.0.